The quantitative estimate of drug-likeness (QED) is 0.0613. The van der Waals surface area contributed by atoms with Crippen LogP contribution in [0.2, 0.25) is 0 Å². The number of ether oxygens (including phenoxy) is 6. The molecule has 4 N–H and O–H groups in total. The van der Waals surface area contributed by atoms with E-state index in [0.717, 1.165) is 30.9 Å². The minimum absolute atomic E-state index is 0.0160. The van der Waals surface area contributed by atoms with Gasteiger partial charge in [0.2, 0.25) is 12.0 Å². The van der Waals surface area contributed by atoms with Gasteiger partial charge < -0.3 is 49.3 Å². The number of benzene rings is 3. The van der Waals surface area contributed by atoms with Crippen LogP contribution < -0.4 is 10.6 Å². The van der Waals surface area contributed by atoms with Crippen molar-refractivity contribution in [2.75, 3.05) is 19.7 Å². The minimum Gasteiger partial charge on any atom is -0.455 e. The van der Waals surface area contributed by atoms with E-state index >= 15 is 9.59 Å². The van der Waals surface area contributed by atoms with Crippen molar-refractivity contribution in [1.29, 1.82) is 0 Å². The third-order valence-electron chi connectivity index (χ3n) is 16.1. The number of esters is 5. The number of nitrogens with zero attached hydrogens (tertiary/aromatic N) is 1. The third-order valence-corrected chi connectivity index (χ3v) is 16.1. The van der Waals surface area contributed by atoms with Crippen LogP contribution in [0.15, 0.2) is 114 Å². The SMILES string of the molecule is CC(=O)O[C@H]1C(=O)[C@@]2(C)[C@H]([C@H](OC(=O)c3ccccc3)[C@]3(O)C[C@H](OC(=O)[C@H](OC(=O)CCCC(=O)NCCN4C(=O)C=CC4=O)C(NC(=O)c4ccccc4)c4ccccc4)C(C)=C1C3(C)C)[C@]1(OC(C)=O)CO[C@@H]1C[C@@H]2O. The summed E-state index contributed by atoms with van der Waals surface area (Å²) in [7, 11) is 0. The van der Waals surface area contributed by atoms with Gasteiger partial charge in [-0.3, -0.25) is 43.3 Å². The Morgan fingerprint density at radius 3 is 1.99 bits per heavy atom. The van der Waals surface area contributed by atoms with Gasteiger partial charge >= 0.3 is 29.8 Å². The number of amides is 4. The first kappa shape index (κ1) is 57.3. The second-order valence-electron chi connectivity index (χ2n) is 21.2. The predicted molar refractivity (Wildman–Crippen MR) is 274 cm³/mol. The van der Waals surface area contributed by atoms with Crippen molar-refractivity contribution in [3.05, 3.63) is 131 Å². The van der Waals surface area contributed by atoms with E-state index in [4.69, 9.17) is 28.4 Å². The van der Waals surface area contributed by atoms with Gasteiger partial charge in [0.15, 0.2) is 17.5 Å². The number of aliphatic hydroxyl groups is 2. The Morgan fingerprint density at radius 1 is 0.797 bits per heavy atom. The summed E-state index contributed by atoms with van der Waals surface area (Å²) >= 11 is 0. The topological polar surface area (TPSA) is 294 Å². The molecule has 79 heavy (non-hydrogen) atoms. The average molecular weight is 1090 g/mol. The first-order valence-electron chi connectivity index (χ1n) is 26.0. The molecule has 2 heterocycles. The van der Waals surface area contributed by atoms with E-state index in [1.54, 1.807) is 66.7 Å². The molecule has 2 aliphatic heterocycles. The van der Waals surface area contributed by atoms with Crippen LogP contribution in [0.5, 0.6) is 0 Å². The molecule has 0 aromatic heterocycles. The first-order valence-corrected chi connectivity index (χ1v) is 26.0. The van der Waals surface area contributed by atoms with E-state index < -0.39 is 143 Å². The zero-order chi connectivity index (χ0) is 57.2. The highest BCUT2D eigenvalue weighted by atomic mass is 16.6. The fourth-order valence-electron chi connectivity index (χ4n) is 11.9. The molecule has 2 bridgehead atoms. The molecule has 8 rings (SSSR count). The number of hydrogen-bond donors (Lipinski definition) is 4. The van der Waals surface area contributed by atoms with Crippen LogP contribution in [0, 0.1) is 16.7 Å². The lowest BCUT2D eigenvalue weighted by atomic mass is 9.44. The Hall–Kier alpha value is -7.88. The van der Waals surface area contributed by atoms with E-state index in [0.29, 0.717) is 0 Å². The van der Waals surface area contributed by atoms with E-state index in [2.05, 4.69) is 10.6 Å². The Balaban J connectivity index is 1.20. The van der Waals surface area contributed by atoms with Crippen molar-refractivity contribution in [3.63, 3.8) is 0 Å². The second kappa shape index (κ2) is 22.8. The van der Waals surface area contributed by atoms with Crippen molar-refractivity contribution < 1.29 is 86.6 Å². The number of hydrogen-bond acceptors (Lipinski definition) is 18. The van der Waals surface area contributed by atoms with Crippen LogP contribution >= 0.6 is 0 Å². The highest BCUT2D eigenvalue weighted by Crippen LogP contribution is 2.64. The molecule has 1 saturated heterocycles. The number of nitrogens with one attached hydrogen (secondary N) is 2. The average Bonchev–Trinajstić information content (AvgIpc) is 2.86. The summed E-state index contributed by atoms with van der Waals surface area (Å²) in [4.78, 5) is 138. The molecule has 3 aliphatic carbocycles. The summed E-state index contributed by atoms with van der Waals surface area (Å²) in [5.41, 5.74) is -7.84. The van der Waals surface area contributed by atoms with Gasteiger partial charge in [-0.2, -0.15) is 0 Å². The third kappa shape index (κ3) is 11.0. The summed E-state index contributed by atoms with van der Waals surface area (Å²) in [6, 6.07) is 22.2. The molecule has 418 valence electrons. The Morgan fingerprint density at radius 2 is 1.41 bits per heavy atom. The highest BCUT2D eigenvalue weighted by molar-refractivity contribution is 6.13. The van der Waals surface area contributed by atoms with Crippen LogP contribution in [-0.2, 0) is 66.8 Å². The summed E-state index contributed by atoms with van der Waals surface area (Å²) in [6.45, 7) is 7.55. The Bertz CT molecular complexity index is 2960. The number of aliphatic hydroxyl groups excluding tert-OH is 1. The van der Waals surface area contributed by atoms with Crippen LogP contribution in [0.25, 0.3) is 0 Å². The van der Waals surface area contributed by atoms with Crippen LogP contribution in [-0.4, -0.2) is 142 Å². The molecule has 21 nitrogen and oxygen atoms in total. The van der Waals surface area contributed by atoms with Crippen LogP contribution in [0.1, 0.15) is 106 Å². The number of carbonyl (C=O) groups is 10. The molecular formula is C58H63N3O18. The monoisotopic (exact) mass is 1090 g/mol. The van der Waals surface area contributed by atoms with Crippen molar-refractivity contribution in [1.82, 2.24) is 15.5 Å². The molecule has 5 aliphatic rings. The van der Waals surface area contributed by atoms with Crippen molar-refractivity contribution >= 4 is 59.3 Å². The number of fused-ring (bicyclic) bond motifs is 5. The van der Waals surface area contributed by atoms with E-state index in [1.165, 1.54) is 52.0 Å². The Kier molecular flexibility index (Phi) is 16.6. The van der Waals surface area contributed by atoms with Gasteiger partial charge in [-0.1, -0.05) is 80.6 Å². The largest absolute Gasteiger partial charge is 0.455 e. The number of carbonyl (C=O) groups excluding carboxylic acids is 10. The number of ketones is 1. The van der Waals surface area contributed by atoms with Crippen molar-refractivity contribution in [2.24, 2.45) is 16.7 Å². The molecular weight excluding hydrogens is 1030 g/mol. The maximum absolute atomic E-state index is 15.8. The van der Waals surface area contributed by atoms with E-state index in [9.17, 15) is 48.6 Å². The molecule has 4 amide bonds. The van der Waals surface area contributed by atoms with Gasteiger partial charge in [0.05, 0.1) is 29.6 Å². The molecule has 0 radical (unpaired) electrons. The number of imide groups is 1. The summed E-state index contributed by atoms with van der Waals surface area (Å²) in [5, 5.41) is 31.6. The molecule has 1 unspecified atom stereocenters. The lowest BCUT2D eigenvalue weighted by molar-refractivity contribution is -0.346. The highest BCUT2D eigenvalue weighted by Gasteiger charge is 2.78. The van der Waals surface area contributed by atoms with E-state index in [1.807, 2.05) is 0 Å². The normalized spacial score (nSPS) is 28.3. The molecule has 0 spiro atoms. The molecule has 3 aromatic carbocycles. The van der Waals surface area contributed by atoms with Gasteiger partial charge in [0, 0.05) is 75.8 Å². The predicted octanol–water partition coefficient (Wildman–Crippen LogP) is 3.50. The first-order chi connectivity index (χ1) is 37.4. The molecule has 3 aromatic rings. The van der Waals surface area contributed by atoms with Crippen molar-refractivity contribution in [2.45, 2.75) is 128 Å². The lowest BCUT2D eigenvalue weighted by Crippen LogP contribution is -2.82. The molecule has 3 fully saturated rings. The van der Waals surface area contributed by atoms with E-state index in [-0.39, 0.29) is 66.8 Å². The molecule has 21 heteroatoms. The zero-order valence-corrected chi connectivity index (χ0v) is 44.5. The minimum atomic E-state index is -2.52. The van der Waals surface area contributed by atoms with Gasteiger partial charge in [-0.05, 0) is 61.2 Å². The molecule has 11 atom stereocenters. The zero-order valence-electron chi connectivity index (χ0n) is 44.5. The second-order valence-corrected chi connectivity index (χ2v) is 21.2. The number of Topliss-reactive ketones (excluding diaryl/α,β-unsaturated/α-hetero) is 1. The summed E-state index contributed by atoms with van der Waals surface area (Å²) in [5.74, 6) is -9.89. The van der Waals surface area contributed by atoms with Crippen LogP contribution in [0.4, 0.5) is 0 Å². The maximum Gasteiger partial charge on any atom is 0.350 e. The maximum atomic E-state index is 15.8. The fraction of sp³-hybridized carbons (Fsp3) is 0.448. The Labute approximate surface area is 454 Å². The summed E-state index contributed by atoms with van der Waals surface area (Å²) in [6.07, 6.45) is -9.72. The van der Waals surface area contributed by atoms with Gasteiger partial charge in [-0.25, -0.2) is 9.59 Å². The van der Waals surface area contributed by atoms with Gasteiger partial charge in [0.25, 0.3) is 17.7 Å². The number of rotatable bonds is 18. The van der Waals surface area contributed by atoms with Crippen LogP contribution in [0.3, 0.4) is 0 Å². The molecule has 2 saturated carbocycles. The fourth-order valence-corrected chi connectivity index (χ4v) is 11.9. The van der Waals surface area contributed by atoms with Crippen molar-refractivity contribution in [3.8, 4) is 0 Å². The van der Waals surface area contributed by atoms with Gasteiger partial charge in [0.1, 0.15) is 30.0 Å². The summed E-state index contributed by atoms with van der Waals surface area (Å²) < 4.78 is 36.8. The smallest absolute Gasteiger partial charge is 0.350 e. The lowest BCUT2D eigenvalue weighted by Gasteiger charge is -2.67. The standard InChI is InChI=1S/C58H63N3O18/c1-32-38(76-54(72)48(46(35-17-10-7-11-18-35)60-52(70)36-19-12-8-13-20-36)77-44(68)24-16-23-41(65)59-27-28-61-42(66)25-26-43(61)67)30-58(73)51(78-53(71)37-21-14-9-15-22-37)49-56(6,39(64)29-40-57(49,31-74-40)79-34(3)63)50(69)47(75-33(2)62)45(32)55(58,4)5/h7-15,17-22,25-26,38-40,46-49,51,64,73H,16,23-24,27-31H2,1-6H3,(H,59,65)(H,60,70)/t38-,39-,40+,46?,47+,48+,49-,51-,56+,57-,58+/m0/s1. The van der Waals surface area contributed by atoms with Gasteiger partial charge in [-0.15, -0.1) is 0 Å².